The van der Waals surface area contributed by atoms with Gasteiger partial charge < -0.3 is 14.3 Å². The first kappa shape index (κ1) is 22.0. The fourth-order valence-electron chi connectivity index (χ4n) is 4.07. The van der Waals surface area contributed by atoms with Crippen LogP contribution in [-0.4, -0.2) is 19.4 Å². The van der Waals surface area contributed by atoms with E-state index in [1.807, 2.05) is 12.1 Å². The lowest BCUT2D eigenvalue weighted by atomic mass is 10.2. The Hall–Kier alpha value is -2.27. The number of phenols is 1. The summed E-state index contributed by atoms with van der Waals surface area (Å²) in [5.41, 5.74) is 2.56. The molecule has 0 unspecified atom stereocenters. The number of ether oxygens (including phenoxy) is 1. The number of esters is 1. The van der Waals surface area contributed by atoms with Crippen molar-refractivity contribution in [3.05, 3.63) is 53.6 Å². The van der Waals surface area contributed by atoms with E-state index in [0.717, 1.165) is 5.75 Å². The molecule has 0 aliphatic carbocycles. The Morgan fingerprint density at radius 3 is 1.82 bits per heavy atom. The van der Waals surface area contributed by atoms with Crippen molar-refractivity contribution in [3.8, 4) is 17.2 Å². The molecule has 0 spiro atoms. The maximum Gasteiger partial charge on any atom is 0.343 e. The minimum absolute atomic E-state index is 0.175. The van der Waals surface area contributed by atoms with Crippen molar-refractivity contribution < 1.29 is 19.1 Å². The molecule has 0 aliphatic heterocycles. The van der Waals surface area contributed by atoms with Gasteiger partial charge >= 0.3 is 5.97 Å². The minimum atomic E-state index is -2.03. The van der Waals surface area contributed by atoms with Crippen molar-refractivity contribution in [1.29, 1.82) is 0 Å². The molecule has 0 heterocycles. The Labute approximate surface area is 169 Å². The summed E-state index contributed by atoms with van der Waals surface area (Å²) in [7, 11) is -2.03. The topological polar surface area (TPSA) is 55.8 Å². The highest BCUT2D eigenvalue weighted by atomic mass is 28.4. The number of aromatic hydroxyl groups is 1. The normalized spacial score (nSPS) is 11.9. The Morgan fingerprint density at radius 2 is 1.36 bits per heavy atom. The lowest BCUT2D eigenvalue weighted by Crippen LogP contribution is -2.50. The van der Waals surface area contributed by atoms with E-state index in [0.29, 0.717) is 33.5 Å². The highest BCUT2D eigenvalue weighted by molar-refractivity contribution is 6.78. The molecule has 0 amide bonds. The van der Waals surface area contributed by atoms with Gasteiger partial charge in [0.25, 0.3) is 8.32 Å². The van der Waals surface area contributed by atoms with E-state index in [1.54, 1.807) is 31.2 Å². The molecule has 0 aliphatic rings. The van der Waals surface area contributed by atoms with Gasteiger partial charge in [0.05, 0.1) is 5.56 Å². The summed E-state index contributed by atoms with van der Waals surface area (Å²) in [5.74, 6) is 0.956. The first-order valence-electron chi connectivity index (χ1n) is 9.88. The highest BCUT2D eigenvalue weighted by Gasteiger charge is 2.46. The van der Waals surface area contributed by atoms with Crippen LogP contribution in [0.25, 0.3) is 0 Å². The van der Waals surface area contributed by atoms with E-state index in [9.17, 15) is 9.90 Å². The van der Waals surface area contributed by atoms with Gasteiger partial charge in [0.1, 0.15) is 17.2 Å². The van der Waals surface area contributed by atoms with Crippen LogP contribution in [0.4, 0.5) is 0 Å². The second kappa shape index (κ2) is 8.82. The number of carbonyl (C=O) groups is 1. The quantitative estimate of drug-likeness (QED) is 0.328. The zero-order valence-corrected chi connectivity index (χ0v) is 18.9. The molecule has 0 radical (unpaired) electrons. The van der Waals surface area contributed by atoms with Crippen molar-refractivity contribution in [3.63, 3.8) is 0 Å². The first-order chi connectivity index (χ1) is 13.1. The molecular weight excluding hydrogens is 368 g/mol. The Bertz CT molecular complexity index is 788. The molecule has 2 rings (SSSR count). The number of hydrogen-bond acceptors (Lipinski definition) is 4. The molecule has 0 aromatic heterocycles. The number of carbonyl (C=O) groups excluding carboxylic acids is 1. The maximum absolute atomic E-state index is 12.4. The SMILES string of the molecule is Cc1cc(OC(=O)c2ccc(O[Si](C(C)C)(C(C)C)C(C)C)cc2)ccc1O. The van der Waals surface area contributed by atoms with E-state index in [2.05, 4.69) is 41.5 Å². The third-order valence-electron chi connectivity index (χ3n) is 5.47. The minimum Gasteiger partial charge on any atom is -0.543 e. The molecule has 2 aromatic carbocycles. The van der Waals surface area contributed by atoms with Crippen LogP contribution in [0.1, 0.15) is 57.5 Å². The number of aryl methyl sites for hydroxylation is 1. The standard InChI is InChI=1S/C23H32O4Si/c1-15(2)28(16(3)4,17(5)6)27-20-10-8-19(9-11-20)23(25)26-21-12-13-22(24)18(7)14-21/h8-17,24H,1-7H3. The van der Waals surface area contributed by atoms with Gasteiger partial charge in [-0.05, 0) is 71.6 Å². The van der Waals surface area contributed by atoms with Gasteiger partial charge in [-0.15, -0.1) is 0 Å². The predicted molar refractivity (Wildman–Crippen MR) is 116 cm³/mol. The summed E-state index contributed by atoms with van der Waals surface area (Å²) in [6.07, 6.45) is 0. The summed E-state index contributed by atoms with van der Waals surface area (Å²) < 4.78 is 12.0. The van der Waals surface area contributed by atoms with Gasteiger partial charge in [0.15, 0.2) is 0 Å². The van der Waals surface area contributed by atoms with Gasteiger partial charge in [0, 0.05) is 0 Å². The summed E-state index contributed by atoms with van der Waals surface area (Å²) >= 11 is 0. The van der Waals surface area contributed by atoms with Crippen molar-refractivity contribution >= 4 is 14.3 Å². The molecular formula is C23H32O4Si. The van der Waals surface area contributed by atoms with E-state index in [4.69, 9.17) is 9.16 Å². The van der Waals surface area contributed by atoms with Gasteiger partial charge in [-0.3, -0.25) is 0 Å². The summed E-state index contributed by atoms with van der Waals surface area (Å²) in [6.45, 7) is 15.2. The van der Waals surface area contributed by atoms with Crippen LogP contribution >= 0.6 is 0 Å². The third-order valence-corrected chi connectivity index (χ3v) is 11.5. The number of rotatable bonds is 7. The van der Waals surface area contributed by atoms with Crippen LogP contribution in [-0.2, 0) is 0 Å². The third kappa shape index (κ3) is 4.58. The van der Waals surface area contributed by atoms with E-state index < -0.39 is 14.3 Å². The second-order valence-corrected chi connectivity index (χ2v) is 13.7. The Morgan fingerprint density at radius 1 is 0.857 bits per heavy atom. The molecule has 0 saturated heterocycles. The Kier molecular flexibility index (Phi) is 6.94. The summed E-state index contributed by atoms with van der Waals surface area (Å²) in [6, 6.07) is 11.9. The van der Waals surface area contributed by atoms with E-state index >= 15 is 0 Å². The van der Waals surface area contributed by atoms with Gasteiger partial charge in [-0.2, -0.15) is 0 Å². The smallest absolute Gasteiger partial charge is 0.343 e. The van der Waals surface area contributed by atoms with Crippen molar-refractivity contribution in [2.45, 2.75) is 65.1 Å². The average molecular weight is 401 g/mol. The van der Waals surface area contributed by atoms with Crippen LogP contribution in [0.15, 0.2) is 42.5 Å². The van der Waals surface area contributed by atoms with Crippen LogP contribution < -0.4 is 9.16 Å². The van der Waals surface area contributed by atoms with Gasteiger partial charge in [-0.25, -0.2) is 4.79 Å². The van der Waals surface area contributed by atoms with Crippen molar-refractivity contribution in [2.75, 3.05) is 0 Å². The monoisotopic (exact) mass is 400 g/mol. The van der Waals surface area contributed by atoms with Crippen molar-refractivity contribution in [1.82, 2.24) is 0 Å². The molecule has 4 nitrogen and oxygen atoms in total. The van der Waals surface area contributed by atoms with Gasteiger partial charge in [0.2, 0.25) is 0 Å². The largest absolute Gasteiger partial charge is 0.543 e. The number of phenolic OH excluding ortho intramolecular Hbond substituents is 1. The fourth-order valence-corrected chi connectivity index (χ4v) is 9.33. The molecule has 0 saturated carbocycles. The number of benzene rings is 2. The van der Waals surface area contributed by atoms with Crippen LogP contribution in [0.3, 0.4) is 0 Å². The molecule has 152 valence electrons. The van der Waals surface area contributed by atoms with E-state index in [1.165, 1.54) is 6.07 Å². The molecule has 0 fully saturated rings. The maximum atomic E-state index is 12.4. The van der Waals surface area contributed by atoms with Crippen LogP contribution in [0, 0.1) is 6.92 Å². The molecule has 0 atom stereocenters. The lowest BCUT2D eigenvalue weighted by Gasteiger charge is -2.42. The average Bonchev–Trinajstić information content (AvgIpc) is 2.62. The summed E-state index contributed by atoms with van der Waals surface area (Å²) in [4.78, 5) is 12.4. The number of hydrogen-bond donors (Lipinski definition) is 1. The Balaban J connectivity index is 2.17. The lowest BCUT2D eigenvalue weighted by molar-refractivity contribution is 0.0734. The van der Waals surface area contributed by atoms with Crippen LogP contribution in [0.2, 0.25) is 16.6 Å². The molecule has 28 heavy (non-hydrogen) atoms. The molecule has 1 N–H and O–H groups in total. The zero-order chi connectivity index (χ0) is 21.1. The first-order valence-corrected chi connectivity index (χ1v) is 12.0. The second-order valence-electron chi connectivity index (χ2n) is 8.28. The fraction of sp³-hybridized carbons (Fsp3) is 0.435. The predicted octanol–water partition coefficient (Wildman–Crippen LogP) is 6.47. The zero-order valence-electron chi connectivity index (χ0n) is 17.9. The van der Waals surface area contributed by atoms with Crippen LogP contribution in [0.5, 0.6) is 17.2 Å². The molecule has 2 aromatic rings. The van der Waals surface area contributed by atoms with E-state index in [-0.39, 0.29) is 5.75 Å². The highest BCUT2D eigenvalue weighted by Crippen LogP contribution is 2.42. The molecule has 0 bridgehead atoms. The van der Waals surface area contributed by atoms with Gasteiger partial charge in [-0.1, -0.05) is 41.5 Å². The molecule has 5 heteroatoms. The summed E-state index contributed by atoms with van der Waals surface area (Å²) in [5, 5.41) is 9.58. The van der Waals surface area contributed by atoms with Crippen molar-refractivity contribution in [2.24, 2.45) is 0 Å².